The predicted octanol–water partition coefficient (Wildman–Crippen LogP) is 3.18. The number of para-hydroxylation sites is 1. The second kappa shape index (κ2) is 4.21. The fourth-order valence-electron chi connectivity index (χ4n) is 2.63. The highest BCUT2D eigenvalue weighted by molar-refractivity contribution is 5.98. The molecule has 0 spiro atoms. The van der Waals surface area contributed by atoms with Gasteiger partial charge < -0.3 is 10.1 Å². The summed E-state index contributed by atoms with van der Waals surface area (Å²) in [6, 6.07) is 11.5. The molecule has 4 aromatic rings. The van der Waals surface area contributed by atoms with E-state index >= 15 is 0 Å². The first-order valence-corrected chi connectivity index (χ1v) is 6.51. The first-order chi connectivity index (χ1) is 10.2. The smallest absolute Gasteiger partial charge is 0.337 e. The Balaban J connectivity index is 1.99. The molecule has 2 N–H and O–H groups in total. The van der Waals surface area contributed by atoms with E-state index in [1.807, 2.05) is 30.5 Å². The summed E-state index contributed by atoms with van der Waals surface area (Å²) >= 11 is 0. The van der Waals surface area contributed by atoms with Gasteiger partial charge >= 0.3 is 5.97 Å². The first-order valence-electron chi connectivity index (χ1n) is 6.51. The lowest BCUT2D eigenvalue weighted by Gasteiger charge is -2.02. The van der Waals surface area contributed by atoms with Crippen molar-refractivity contribution in [2.24, 2.45) is 0 Å². The third-order valence-corrected chi connectivity index (χ3v) is 3.64. The van der Waals surface area contributed by atoms with Crippen LogP contribution in [0.2, 0.25) is 0 Å². The van der Waals surface area contributed by atoms with Crippen molar-refractivity contribution in [2.45, 2.75) is 0 Å². The van der Waals surface area contributed by atoms with Crippen molar-refractivity contribution in [3.63, 3.8) is 0 Å². The number of pyridine rings is 1. The molecule has 4 rings (SSSR count). The molecule has 0 atom stereocenters. The van der Waals surface area contributed by atoms with Crippen molar-refractivity contribution < 1.29 is 9.90 Å². The zero-order valence-electron chi connectivity index (χ0n) is 10.9. The van der Waals surface area contributed by atoms with Crippen molar-refractivity contribution in [1.82, 2.24) is 14.6 Å². The van der Waals surface area contributed by atoms with Crippen molar-refractivity contribution in [3.05, 3.63) is 60.6 Å². The summed E-state index contributed by atoms with van der Waals surface area (Å²) in [5.74, 6) is -0.958. The molecule has 3 aromatic heterocycles. The maximum atomic E-state index is 11.0. The molecule has 0 unspecified atom stereocenters. The number of fused-ring (bicyclic) bond motifs is 2. The van der Waals surface area contributed by atoms with Crippen LogP contribution in [0.1, 0.15) is 10.4 Å². The van der Waals surface area contributed by atoms with Crippen LogP contribution in [0.15, 0.2) is 55.0 Å². The van der Waals surface area contributed by atoms with Crippen LogP contribution in [0.3, 0.4) is 0 Å². The molecule has 0 saturated heterocycles. The van der Waals surface area contributed by atoms with Crippen LogP contribution in [0, 0.1) is 0 Å². The number of hydrogen-bond donors (Lipinski definition) is 2. The number of aromatic amines is 1. The molecule has 0 aliphatic carbocycles. The van der Waals surface area contributed by atoms with Gasteiger partial charge in [0, 0.05) is 23.5 Å². The third kappa shape index (κ3) is 1.71. The quantitative estimate of drug-likeness (QED) is 0.591. The second-order valence-corrected chi connectivity index (χ2v) is 4.86. The second-order valence-electron chi connectivity index (χ2n) is 4.86. The van der Waals surface area contributed by atoms with Gasteiger partial charge in [-0.05, 0) is 23.6 Å². The number of aromatic carboxylic acids is 1. The molecular weight excluding hydrogens is 266 g/mol. The molecule has 1 aromatic carbocycles. The number of benzene rings is 1. The molecule has 0 fully saturated rings. The fraction of sp³-hybridized carbons (Fsp3) is 0. The van der Waals surface area contributed by atoms with Crippen LogP contribution >= 0.6 is 0 Å². The summed E-state index contributed by atoms with van der Waals surface area (Å²) in [7, 11) is 0. The molecular formula is C16H11N3O2. The summed E-state index contributed by atoms with van der Waals surface area (Å²) in [6.45, 7) is 0. The Morgan fingerprint density at radius 1 is 1.14 bits per heavy atom. The zero-order valence-corrected chi connectivity index (χ0v) is 10.9. The number of nitrogens with one attached hydrogen (secondary N) is 1. The van der Waals surface area contributed by atoms with E-state index in [4.69, 9.17) is 5.11 Å². The van der Waals surface area contributed by atoms with E-state index in [0.717, 1.165) is 27.5 Å². The highest BCUT2D eigenvalue weighted by atomic mass is 16.4. The minimum Gasteiger partial charge on any atom is -0.478 e. The van der Waals surface area contributed by atoms with Gasteiger partial charge in [0.2, 0.25) is 0 Å². The van der Waals surface area contributed by atoms with E-state index < -0.39 is 5.97 Å². The summed E-state index contributed by atoms with van der Waals surface area (Å²) in [5.41, 5.74) is 4.17. The van der Waals surface area contributed by atoms with E-state index in [0.29, 0.717) is 0 Å². The summed E-state index contributed by atoms with van der Waals surface area (Å²) in [6.07, 6.45) is 5.19. The predicted molar refractivity (Wildman–Crippen MR) is 79.4 cm³/mol. The highest BCUT2D eigenvalue weighted by Gasteiger charge is 2.12. The van der Waals surface area contributed by atoms with Gasteiger partial charge in [0.05, 0.1) is 22.8 Å². The van der Waals surface area contributed by atoms with Crippen molar-refractivity contribution in [1.29, 1.82) is 0 Å². The number of nitrogens with zero attached hydrogens (tertiary/aromatic N) is 2. The largest absolute Gasteiger partial charge is 0.478 e. The van der Waals surface area contributed by atoms with Gasteiger partial charge in [0.1, 0.15) is 0 Å². The van der Waals surface area contributed by atoms with E-state index in [9.17, 15) is 4.79 Å². The number of hydrogen-bond acceptors (Lipinski definition) is 2. The maximum absolute atomic E-state index is 11.0. The van der Waals surface area contributed by atoms with Crippen molar-refractivity contribution in [2.75, 3.05) is 0 Å². The maximum Gasteiger partial charge on any atom is 0.337 e. The minimum atomic E-state index is -0.958. The molecule has 5 nitrogen and oxygen atoms in total. The molecule has 0 saturated carbocycles. The number of aromatic nitrogens is 3. The summed E-state index contributed by atoms with van der Waals surface area (Å²) < 4.78 is 1.60. The van der Waals surface area contributed by atoms with Gasteiger partial charge in [0.15, 0.2) is 0 Å². The van der Waals surface area contributed by atoms with Gasteiger partial charge in [-0.15, -0.1) is 0 Å². The summed E-state index contributed by atoms with van der Waals surface area (Å²) in [4.78, 5) is 14.3. The van der Waals surface area contributed by atoms with Crippen LogP contribution in [0.25, 0.3) is 27.5 Å². The van der Waals surface area contributed by atoms with E-state index in [1.165, 1.54) is 6.20 Å². The van der Waals surface area contributed by atoms with Crippen LogP contribution in [0.5, 0.6) is 0 Å². The standard InChI is InChI=1S/C16H11N3O2/c20-16(21)11-4-5-14-13(8-18-19(14)9-11)12-3-1-2-10-6-7-17-15(10)12/h1-9,17H,(H,20,21). The van der Waals surface area contributed by atoms with Gasteiger partial charge in [-0.3, -0.25) is 0 Å². The molecule has 3 heterocycles. The van der Waals surface area contributed by atoms with Crippen molar-refractivity contribution in [3.8, 4) is 11.1 Å². The average Bonchev–Trinajstić information content (AvgIpc) is 3.12. The average molecular weight is 277 g/mol. The van der Waals surface area contributed by atoms with Crippen LogP contribution in [-0.2, 0) is 0 Å². The summed E-state index contributed by atoms with van der Waals surface area (Å²) in [5, 5.41) is 14.4. The molecule has 0 radical (unpaired) electrons. The number of carboxylic acid groups (broad SMARTS) is 1. The molecule has 0 aliphatic heterocycles. The van der Waals surface area contributed by atoms with E-state index in [2.05, 4.69) is 10.1 Å². The monoisotopic (exact) mass is 277 g/mol. The molecule has 0 aliphatic rings. The normalized spacial score (nSPS) is 11.2. The molecule has 102 valence electrons. The lowest BCUT2D eigenvalue weighted by Crippen LogP contribution is -1.99. The number of carbonyl (C=O) groups is 1. The van der Waals surface area contributed by atoms with Gasteiger partial charge in [-0.25, -0.2) is 9.31 Å². The lowest BCUT2D eigenvalue weighted by molar-refractivity contribution is 0.0696. The minimum absolute atomic E-state index is 0.218. The van der Waals surface area contributed by atoms with Gasteiger partial charge in [0.25, 0.3) is 0 Å². The van der Waals surface area contributed by atoms with E-state index in [-0.39, 0.29) is 5.56 Å². The molecule has 21 heavy (non-hydrogen) atoms. The Labute approximate surface area is 119 Å². The number of H-pyrrole nitrogens is 1. The lowest BCUT2D eigenvalue weighted by atomic mass is 10.0. The Kier molecular flexibility index (Phi) is 2.35. The highest BCUT2D eigenvalue weighted by Crippen LogP contribution is 2.30. The zero-order chi connectivity index (χ0) is 14.4. The van der Waals surface area contributed by atoms with Crippen LogP contribution < -0.4 is 0 Å². The fourth-order valence-corrected chi connectivity index (χ4v) is 2.63. The Hall–Kier alpha value is -3.08. The van der Waals surface area contributed by atoms with Crippen LogP contribution in [-0.4, -0.2) is 25.7 Å². The van der Waals surface area contributed by atoms with Crippen molar-refractivity contribution >= 4 is 22.4 Å². The Morgan fingerprint density at radius 3 is 2.90 bits per heavy atom. The Bertz CT molecular complexity index is 981. The van der Waals surface area contributed by atoms with Gasteiger partial charge in [-0.2, -0.15) is 5.10 Å². The molecule has 0 bridgehead atoms. The van der Waals surface area contributed by atoms with E-state index in [1.54, 1.807) is 22.8 Å². The SMILES string of the molecule is O=C(O)c1ccc2c(-c3cccc4cc[nH]c34)cnn2c1. The number of rotatable bonds is 2. The molecule has 5 heteroatoms. The van der Waals surface area contributed by atoms with Gasteiger partial charge in [-0.1, -0.05) is 18.2 Å². The van der Waals surface area contributed by atoms with Crippen LogP contribution in [0.4, 0.5) is 0 Å². The third-order valence-electron chi connectivity index (χ3n) is 3.64. The Morgan fingerprint density at radius 2 is 2.05 bits per heavy atom. The first kappa shape index (κ1) is 11.7. The number of carboxylic acids is 1. The molecule has 0 amide bonds. The topological polar surface area (TPSA) is 70.4 Å².